The Hall–Kier alpha value is -2.34. The van der Waals surface area contributed by atoms with Gasteiger partial charge in [0.1, 0.15) is 0 Å². The highest BCUT2D eigenvalue weighted by molar-refractivity contribution is 5.95. The van der Waals surface area contributed by atoms with Crippen LogP contribution >= 0.6 is 0 Å². The first-order chi connectivity index (χ1) is 10.6. The van der Waals surface area contributed by atoms with E-state index >= 15 is 0 Å². The summed E-state index contributed by atoms with van der Waals surface area (Å²) in [6, 6.07) is 8.36. The molecule has 6 nitrogen and oxygen atoms in total. The van der Waals surface area contributed by atoms with Gasteiger partial charge in [0, 0.05) is 5.70 Å². The summed E-state index contributed by atoms with van der Waals surface area (Å²) in [6.45, 7) is 3.62. The fraction of sp³-hybridized carbons (Fsp3) is 0.375. The summed E-state index contributed by atoms with van der Waals surface area (Å²) in [5, 5.41) is 11.9. The average Bonchev–Trinajstić information content (AvgIpc) is 2.52. The SMILES string of the molecule is CCOC(=O)C1=C(C)N(CCO)C(=O)N[C@@H]1c1ccccc1. The highest BCUT2D eigenvalue weighted by Crippen LogP contribution is 2.30. The maximum Gasteiger partial charge on any atom is 0.338 e. The van der Waals surface area contributed by atoms with Crippen molar-refractivity contribution in [3.05, 3.63) is 47.2 Å². The quantitative estimate of drug-likeness (QED) is 0.810. The number of allylic oxidation sites excluding steroid dienone is 1. The third-order valence-corrected chi connectivity index (χ3v) is 3.55. The topological polar surface area (TPSA) is 78.9 Å². The van der Waals surface area contributed by atoms with E-state index in [0.717, 1.165) is 5.56 Å². The lowest BCUT2D eigenvalue weighted by molar-refractivity contribution is -0.139. The number of aliphatic hydroxyl groups excluding tert-OH is 1. The Bertz CT molecular complexity index is 583. The molecule has 0 fully saturated rings. The van der Waals surface area contributed by atoms with Gasteiger partial charge in [0.05, 0.1) is 31.4 Å². The predicted molar refractivity (Wildman–Crippen MR) is 80.8 cm³/mol. The molecule has 1 aliphatic heterocycles. The minimum Gasteiger partial charge on any atom is -0.463 e. The molecule has 6 heteroatoms. The van der Waals surface area contributed by atoms with Gasteiger partial charge in [-0.3, -0.25) is 4.90 Å². The number of ether oxygens (including phenoxy) is 1. The summed E-state index contributed by atoms with van der Waals surface area (Å²) in [6.07, 6.45) is 0. The number of carbonyl (C=O) groups excluding carboxylic acids is 2. The summed E-state index contributed by atoms with van der Waals surface area (Å²) >= 11 is 0. The normalized spacial score (nSPS) is 18.2. The molecule has 22 heavy (non-hydrogen) atoms. The largest absolute Gasteiger partial charge is 0.463 e. The molecular weight excluding hydrogens is 284 g/mol. The maximum atomic E-state index is 12.3. The Morgan fingerprint density at radius 1 is 1.36 bits per heavy atom. The van der Waals surface area contributed by atoms with Crippen LogP contribution in [0.4, 0.5) is 4.79 Å². The van der Waals surface area contributed by atoms with Crippen LogP contribution in [0.2, 0.25) is 0 Å². The smallest absolute Gasteiger partial charge is 0.338 e. The second-order valence-corrected chi connectivity index (χ2v) is 4.89. The number of β-amino-alcohol motifs (C(OH)–C–C–N with tert-alkyl or cyclic N) is 1. The lowest BCUT2D eigenvalue weighted by Crippen LogP contribution is -2.48. The monoisotopic (exact) mass is 304 g/mol. The third-order valence-electron chi connectivity index (χ3n) is 3.55. The zero-order chi connectivity index (χ0) is 16.1. The fourth-order valence-corrected chi connectivity index (χ4v) is 2.52. The van der Waals surface area contributed by atoms with Gasteiger partial charge >= 0.3 is 12.0 Å². The summed E-state index contributed by atoms with van der Waals surface area (Å²) in [5.74, 6) is -0.461. The van der Waals surface area contributed by atoms with Crippen molar-refractivity contribution in [2.75, 3.05) is 19.8 Å². The molecule has 2 rings (SSSR count). The van der Waals surface area contributed by atoms with E-state index < -0.39 is 12.0 Å². The van der Waals surface area contributed by atoms with E-state index in [1.165, 1.54) is 4.90 Å². The number of amides is 2. The second-order valence-electron chi connectivity index (χ2n) is 4.89. The number of esters is 1. The summed E-state index contributed by atoms with van der Waals surface area (Å²) in [5.41, 5.74) is 1.70. The number of aliphatic hydroxyl groups is 1. The van der Waals surface area contributed by atoms with Crippen LogP contribution in [0.1, 0.15) is 25.5 Å². The number of urea groups is 1. The molecule has 118 valence electrons. The Kier molecular flexibility index (Phi) is 5.16. The molecule has 0 saturated heterocycles. The first kappa shape index (κ1) is 16.0. The number of carbonyl (C=O) groups is 2. The van der Waals surface area contributed by atoms with E-state index in [0.29, 0.717) is 11.3 Å². The first-order valence-electron chi connectivity index (χ1n) is 7.21. The number of hydrogen-bond donors (Lipinski definition) is 2. The molecule has 0 aromatic heterocycles. The van der Waals surface area contributed by atoms with Crippen LogP contribution in [0, 0.1) is 0 Å². The Morgan fingerprint density at radius 2 is 2.05 bits per heavy atom. The first-order valence-corrected chi connectivity index (χ1v) is 7.21. The average molecular weight is 304 g/mol. The van der Waals surface area contributed by atoms with Gasteiger partial charge in [-0.05, 0) is 19.4 Å². The summed E-state index contributed by atoms with van der Waals surface area (Å²) in [7, 11) is 0. The Labute approximate surface area is 129 Å². The van der Waals surface area contributed by atoms with Crippen LogP contribution in [-0.4, -0.2) is 41.8 Å². The van der Waals surface area contributed by atoms with Crippen LogP contribution in [0.15, 0.2) is 41.6 Å². The highest BCUT2D eigenvalue weighted by Gasteiger charge is 2.35. The number of benzene rings is 1. The third kappa shape index (κ3) is 3.12. The maximum absolute atomic E-state index is 12.3. The van der Waals surface area contributed by atoms with Crippen molar-refractivity contribution in [2.45, 2.75) is 19.9 Å². The van der Waals surface area contributed by atoms with Crippen molar-refractivity contribution in [3.8, 4) is 0 Å². The molecule has 0 saturated carbocycles. The van der Waals surface area contributed by atoms with Crippen LogP contribution in [0.25, 0.3) is 0 Å². The van der Waals surface area contributed by atoms with E-state index in [1.807, 2.05) is 30.3 Å². The Morgan fingerprint density at radius 3 is 2.64 bits per heavy atom. The molecule has 2 amide bonds. The van der Waals surface area contributed by atoms with Crippen molar-refractivity contribution >= 4 is 12.0 Å². The molecule has 2 N–H and O–H groups in total. The molecule has 0 unspecified atom stereocenters. The van der Waals surface area contributed by atoms with Crippen LogP contribution in [0.5, 0.6) is 0 Å². The van der Waals surface area contributed by atoms with Crippen molar-refractivity contribution in [3.63, 3.8) is 0 Å². The van der Waals surface area contributed by atoms with E-state index in [9.17, 15) is 9.59 Å². The number of rotatable bonds is 5. The van der Waals surface area contributed by atoms with E-state index in [-0.39, 0.29) is 25.8 Å². The van der Waals surface area contributed by atoms with Gasteiger partial charge in [0.25, 0.3) is 0 Å². The van der Waals surface area contributed by atoms with Gasteiger partial charge in [0.2, 0.25) is 0 Å². The standard InChI is InChI=1S/C16H20N2O4/c1-3-22-15(20)13-11(2)18(9-10-19)16(21)17-14(13)12-7-5-4-6-8-12/h4-8,14,19H,3,9-10H2,1-2H3,(H,17,21)/t14-/m1/s1. The van der Waals surface area contributed by atoms with Crippen LogP contribution in [-0.2, 0) is 9.53 Å². The van der Waals surface area contributed by atoms with Crippen LogP contribution in [0.3, 0.4) is 0 Å². The van der Waals surface area contributed by atoms with Gasteiger partial charge in [-0.1, -0.05) is 30.3 Å². The van der Waals surface area contributed by atoms with E-state index in [2.05, 4.69) is 5.32 Å². The molecule has 1 aromatic carbocycles. The van der Waals surface area contributed by atoms with E-state index in [4.69, 9.17) is 9.84 Å². The van der Waals surface area contributed by atoms with Gasteiger partial charge in [-0.15, -0.1) is 0 Å². The minimum atomic E-state index is -0.553. The zero-order valence-electron chi connectivity index (χ0n) is 12.7. The van der Waals surface area contributed by atoms with Crippen molar-refractivity contribution in [2.24, 2.45) is 0 Å². The predicted octanol–water partition coefficient (Wildman–Crippen LogP) is 1.58. The molecule has 1 atom stereocenters. The van der Waals surface area contributed by atoms with Gasteiger partial charge in [-0.25, -0.2) is 9.59 Å². The molecule has 0 bridgehead atoms. The van der Waals surface area contributed by atoms with Gasteiger partial charge in [-0.2, -0.15) is 0 Å². The summed E-state index contributed by atoms with van der Waals surface area (Å²) < 4.78 is 5.13. The molecule has 0 radical (unpaired) electrons. The number of hydrogen-bond acceptors (Lipinski definition) is 4. The van der Waals surface area contributed by atoms with Gasteiger partial charge in [0.15, 0.2) is 0 Å². The molecule has 1 heterocycles. The zero-order valence-corrected chi connectivity index (χ0v) is 12.7. The minimum absolute atomic E-state index is 0.127. The van der Waals surface area contributed by atoms with Crippen LogP contribution < -0.4 is 5.32 Å². The van der Waals surface area contributed by atoms with Crippen molar-refractivity contribution < 1.29 is 19.4 Å². The molecule has 1 aliphatic rings. The fourth-order valence-electron chi connectivity index (χ4n) is 2.52. The number of nitrogens with one attached hydrogen (secondary N) is 1. The number of nitrogens with zero attached hydrogens (tertiary/aromatic N) is 1. The van der Waals surface area contributed by atoms with Crippen molar-refractivity contribution in [1.29, 1.82) is 0 Å². The summed E-state index contributed by atoms with van der Waals surface area (Å²) in [4.78, 5) is 25.9. The molecule has 0 spiro atoms. The van der Waals surface area contributed by atoms with E-state index in [1.54, 1.807) is 13.8 Å². The second kappa shape index (κ2) is 7.09. The van der Waals surface area contributed by atoms with Gasteiger partial charge < -0.3 is 15.2 Å². The molecular formula is C16H20N2O4. The van der Waals surface area contributed by atoms with Crippen molar-refractivity contribution in [1.82, 2.24) is 10.2 Å². The molecule has 1 aromatic rings. The highest BCUT2D eigenvalue weighted by atomic mass is 16.5. The Balaban J connectivity index is 2.48. The lowest BCUT2D eigenvalue weighted by atomic mass is 9.95. The molecule has 0 aliphatic carbocycles. The lowest BCUT2D eigenvalue weighted by Gasteiger charge is -2.35.